The normalized spacial score (nSPS) is 11.0. The minimum atomic E-state index is -4.51. The number of alkyl halides is 3. The van der Waals surface area contributed by atoms with E-state index in [4.69, 9.17) is 5.26 Å². The van der Waals surface area contributed by atoms with Crippen LogP contribution in [0.25, 0.3) is 0 Å². The molecule has 0 fully saturated rings. The summed E-state index contributed by atoms with van der Waals surface area (Å²) in [5.74, 6) is -0.422. The van der Waals surface area contributed by atoms with Crippen molar-refractivity contribution in [2.75, 3.05) is 0 Å². The topological polar surface area (TPSA) is 40.9 Å². The summed E-state index contributed by atoms with van der Waals surface area (Å²) in [6, 6.07) is 3.16. The largest absolute Gasteiger partial charge is 0.416 e. The van der Waals surface area contributed by atoms with E-state index >= 15 is 0 Å². The average Bonchev–Trinajstić information content (AvgIpc) is 2.14. The first-order chi connectivity index (χ1) is 7.27. The number of benzene rings is 1. The van der Waals surface area contributed by atoms with Crippen molar-refractivity contribution in [2.24, 2.45) is 0 Å². The third-order valence-electron chi connectivity index (χ3n) is 1.89. The zero-order valence-corrected chi connectivity index (χ0v) is 10.2. The van der Waals surface area contributed by atoms with Gasteiger partial charge in [-0.05, 0) is 41.6 Å². The Kier molecular flexibility index (Phi) is 3.57. The molecule has 6 heteroatoms. The first-order valence-electron chi connectivity index (χ1n) is 4.09. The third kappa shape index (κ3) is 2.52. The van der Waals surface area contributed by atoms with Gasteiger partial charge in [0.25, 0.3) is 0 Å². The molecule has 0 aliphatic carbocycles. The molecule has 2 nitrogen and oxygen atoms in total. The molecule has 0 saturated heterocycles. The van der Waals surface area contributed by atoms with E-state index in [1.807, 2.05) is 0 Å². The van der Waals surface area contributed by atoms with Crippen molar-refractivity contribution in [3.63, 3.8) is 0 Å². The molecule has 0 amide bonds. The molecule has 0 aliphatic rings. The van der Waals surface area contributed by atoms with Gasteiger partial charge in [0.2, 0.25) is 0 Å². The van der Waals surface area contributed by atoms with Crippen molar-refractivity contribution in [1.29, 1.82) is 5.26 Å². The Morgan fingerprint density at radius 2 is 2.00 bits per heavy atom. The smallest absolute Gasteiger partial charge is 0.294 e. The summed E-state index contributed by atoms with van der Waals surface area (Å²) in [6.45, 7) is 1.21. The molecule has 16 heavy (non-hydrogen) atoms. The second-order valence-electron chi connectivity index (χ2n) is 3.05. The van der Waals surface area contributed by atoms with Crippen LogP contribution in [0.2, 0.25) is 0 Å². The Morgan fingerprint density at radius 3 is 2.38 bits per heavy atom. The van der Waals surface area contributed by atoms with Crippen molar-refractivity contribution < 1.29 is 18.0 Å². The summed E-state index contributed by atoms with van der Waals surface area (Å²) in [6.07, 6.45) is -4.51. The second-order valence-corrected chi connectivity index (χ2v) is 4.21. The van der Waals surface area contributed by atoms with Crippen LogP contribution < -0.4 is 0 Å². The van der Waals surface area contributed by atoms with Crippen LogP contribution in [0, 0.1) is 14.9 Å². The minimum absolute atomic E-state index is 0.0381. The lowest BCUT2D eigenvalue weighted by Crippen LogP contribution is -2.09. The number of Topliss-reactive ketones (excluding diaryl/α,β-unsaturated/α-hetero) is 1. The Balaban J connectivity index is 3.52. The summed E-state index contributed by atoms with van der Waals surface area (Å²) < 4.78 is 37.4. The number of hydrogen-bond donors (Lipinski definition) is 0. The van der Waals surface area contributed by atoms with Crippen molar-refractivity contribution in [3.8, 4) is 6.07 Å². The standard InChI is InChI=1S/C10H5F3INO/c1-5(16)9-6(4-15)2-7(3-8(9)14)10(11,12)13/h2-3H,1H3. The maximum atomic E-state index is 12.4. The first kappa shape index (κ1) is 13.0. The lowest BCUT2D eigenvalue weighted by Gasteiger charge is -2.10. The van der Waals surface area contributed by atoms with E-state index in [2.05, 4.69) is 0 Å². The Bertz CT molecular complexity index is 488. The highest BCUT2D eigenvalue weighted by Gasteiger charge is 2.32. The molecule has 0 bridgehead atoms. The number of halogens is 4. The van der Waals surface area contributed by atoms with E-state index < -0.39 is 17.5 Å². The molecule has 0 spiro atoms. The van der Waals surface area contributed by atoms with E-state index in [1.54, 1.807) is 28.7 Å². The van der Waals surface area contributed by atoms with E-state index in [1.165, 1.54) is 6.92 Å². The predicted octanol–water partition coefficient (Wildman–Crippen LogP) is 3.38. The number of ketones is 1. The molecule has 1 aromatic carbocycles. The molecule has 0 aromatic heterocycles. The highest BCUT2D eigenvalue weighted by molar-refractivity contribution is 14.1. The van der Waals surface area contributed by atoms with Gasteiger partial charge in [-0.2, -0.15) is 18.4 Å². The summed E-state index contributed by atoms with van der Waals surface area (Å²) in [4.78, 5) is 11.2. The molecule has 0 radical (unpaired) electrons. The number of carbonyl (C=O) groups is 1. The summed E-state index contributed by atoms with van der Waals surface area (Å²) in [5, 5.41) is 8.71. The fourth-order valence-corrected chi connectivity index (χ4v) is 2.22. The zero-order chi connectivity index (χ0) is 12.5. The van der Waals surface area contributed by atoms with Gasteiger partial charge in [0.05, 0.1) is 17.2 Å². The van der Waals surface area contributed by atoms with Crippen LogP contribution in [-0.2, 0) is 6.18 Å². The van der Waals surface area contributed by atoms with E-state index in [0.717, 1.165) is 6.07 Å². The van der Waals surface area contributed by atoms with Gasteiger partial charge in [-0.1, -0.05) is 0 Å². The number of rotatable bonds is 1. The molecular formula is C10H5F3INO. The Morgan fingerprint density at radius 1 is 1.44 bits per heavy atom. The molecule has 0 atom stereocenters. The van der Waals surface area contributed by atoms with Gasteiger partial charge in [-0.25, -0.2) is 0 Å². The van der Waals surface area contributed by atoms with Gasteiger partial charge in [0.1, 0.15) is 0 Å². The Labute approximate surface area is 103 Å². The number of nitriles is 1. The van der Waals surface area contributed by atoms with Gasteiger partial charge >= 0.3 is 6.18 Å². The number of hydrogen-bond acceptors (Lipinski definition) is 2. The van der Waals surface area contributed by atoms with Gasteiger partial charge in [0, 0.05) is 9.13 Å². The van der Waals surface area contributed by atoms with Crippen LogP contribution in [0.3, 0.4) is 0 Å². The maximum absolute atomic E-state index is 12.4. The number of carbonyl (C=O) groups excluding carboxylic acids is 1. The molecule has 0 N–H and O–H groups in total. The van der Waals surface area contributed by atoms with Crippen molar-refractivity contribution in [3.05, 3.63) is 32.4 Å². The van der Waals surface area contributed by atoms with Crippen LogP contribution in [0.1, 0.15) is 28.4 Å². The SMILES string of the molecule is CC(=O)c1c(I)cc(C(F)(F)F)cc1C#N. The van der Waals surface area contributed by atoms with Gasteiger partial charge in [-0.15, -0.1) is 0 Å². The van der Waals surface area contributed by atoms with Crippen molar-refractivity contribution >= 4 is 28.4 Å². The highest BCUT2D eigenvalue weighted by atomic mass is 127. The van der Waals surface area contributed by atoms with Crippen LogP contribution >= 0.6 is 22.6 Å². The minimum Gasteiger partial charge on any atom is -0.294 e. The molecule has 84 valence electrons. The van der Waals surface area contributed by atoms with Crippen LogP contribution in [-0.4, -0.2) is 5.78 Å². The van der Waals surface area contributed by atoms with Gasteiger partial charge < -0.3 is 0 Å². The van der Waals surface area contributed by atoms with Gasteiger partial charge in [-0.3, -0.25) is 4.79 Å². The lowest BCUT2D eigenvalue weighted by atomic mass is 10.0. The Hall–Kier alpha value is -1.10. The summed E-state index contributed by atoms with van der Waals surface area (Å²) in [5.41, 5.74) is -1.12. The monoisotopic (exact) mass is 339 g/mol. The lowest BCUT2D eigenvalue weighted by molar-refractivity contribution is -0.137. The molecule has 0 heterocycles. The van der Waals surface area contributed by atoms with E-state index in [9.17, 15) is 18.0 Å². The van der Waals surface area contributed by atoms with Crippen molar-refractivity contribution in [1.82, 2.24) is 0 Å². The molecule has 0 saturated carbocycles. The number of nitrogens with zero attached hydrogens (tertiary/aromatic N) is 1. The average molecular weight is 339 g/mol. The van der Waals surface area contributed by atoms with E-state index in [-0.39, 0.29) is 14.7 Å². The molecule has 1 rings (SSSR count). The zero-order valence-electron chi connectivity index (χ0n) is 8.02. The molecule has 0 unspecified atom stereocenters. The highest BCUT2D eigenvalue weighted by Crippen LogP contribution is 2.32. The third-order valence-corrected chi connectivity index (χ3v) is 2.74. The van der Waals surface area contributed by atoms with Crippen LogP contribution in [0.5, 0.6) is 0 Å². The second kappa shape index (κ2) is 4.41. The fourth-order valence-electron chi connectivity index (χ4n) is 1.22. The maximum Gasteiger partial charge on any atom is 0.416 e. The van der Waals surface area contributed by atoms with Crippen LogP contribution in [0.15, 0.2) is 12.1 Å². The summed E-state index contributed by atoms with van der Waals surface area (Å²) >= 11 is 1.62. The van der Waals surface area contributed by atoms with Crippen molar-refractivity contribution in [2.45, 2.75) is 13.1 Å². The molecular weight excluding hydrogens is 334 g/mol. The summed E-state index contributed by atoms with van der Waals surface area (Å²) in [7, 11) is 0. The predicted molar refractivity (Wildman–Crippen MR) is 58.9 cm³/mol. The molecule has 0 aliphatic heterocycles. The quantitative estimate of drug-likeness (QED) is 0.581. The molecule has 1 aromatic rings. The fraction of sp³-hybridized carbons (Fsp3) is 0.200. The first-order valence-corrected chi connectivity index (χ1v) is 5.17. The van der Waals surface area contributed by atoms with Gasteiger partial charge in [0.15, 0.2) is 5.78 Å². The van der Waals surface area contributed by atoms with E-state index in [0.29, 0.717) is 6.07 Å². The van der Waals surface area contributed by atoms with Crippen LogP contribution in [0.4, 0.5) is 13.2 Å².